The van der Waals surface area contributed by atoms with Crippen LogP contribution < -0.4 is 20.7 Å². The standard InChI is InChI=1S/C20H23ClN4O5.C7H8.C2H6/c1-30-17-4-2-3-13-12(17)8-15(24-13)20(29)23-10-18(27)25-14(16(26)9-21)7-11-5-6-22-19(11)28;1-7-5-3-2-4-6-7;1-2/h2-4,8,11,14,24H,5-7,9-10H2,1H3,(H,22,28)(H,23,29)(H,25,27);2-6H,1H3;1-2H3/t11-,14?;;/m0../s1. The Hall–Kier alpha value is -3.85. The molecule has 1 aliphatic heterocycles. The van der Waals surface area contributed by atoms with Gasteiger partial charge in [0.15, 0.2) is 5.78 Å². The van der Waals surface area contributed by atoms with Crippen LogP contribution in [-0.2, 0) is 14.4 Å². The molecular weight excluding hydrogens is 520 g/mol. The second kappa shape index (κ2) is 16.2. The van der Waals surface area contributed by atoms with Gasteiger partial charge < -0.3 is 25.7 Å². The Morgan fingerprint density at radius 3 is 2.38 bits per heavy atom. The van der Waals surface area contributed by atoms with Crippen molar-refractivity contribution in [2.24, 2.45) is 5.92 Å². The summed E-state index contributed by atoms with van der Waals surface area (Å²) < 4.78 is 5.27. The molecule has 1 unspecified atom stereocenters. The average Bonchev–Trinajstić information content (AvgIpc) is 3.58. The molecule has 0 spiro atoms. The number of methoxy groups -OCH3 is 1. The largest absolute Gasteiger partial charge is 0.496 e. The van der Waals surface area contributed by atoms with Gasteiger partial charge in [-0.2, -0.15) is 0 Å². The second-order valence-electron chi connectivity index (χ2n) is 8.67. The zero-order valence-electron chi connectivity index (χ0n) is 22.8. The fourth-order valence-electron chi connectivity index (χ4n) is 3.98. The molecule has 3 amide bonds. The first-order valence-corrected chi connectivity index (χ1v) is 13.5. The highest BCUT2D eigenvalue weighted by Gasteiger charge is 2.30. The minimum atomic E-state index is -0.877. The van der Waals surface area contributed by atoms with Crippen LogP contribution in [0, 0.1) is 12.8 Å². The number of aromatic amines is 1. The summed E-state index contributed by atoms with van der Waals surface area (Å²) in [4.78, 5) is 51.5. The van der Waals surface area contributed by atoms with E-state index in [0.717, 1.165) is 10.9 Å². The SMILES string of the molecule is CC.COc1cccc2[nH]c(C(=O)NCC(=O)NC(C[C@@H]3CCNC3=O)C(=O)CCl)cc12.Cc1ccccc1. The third-order valence-corrected chi connectivity index (χ3v) is 6.24. The maximum absolute atomic E-state index is 12.4. The van der Waals surface area contributed by atoms with E-state index >= 15 is 0 Å². The molecule has 10 heteroatoms. The first kappa shape index (κ1) is 31.4. The number of alkyl halides is 1. The number of aromatic nitrogens is 1. The lowest BCUT2D eigenvalue weighted by Gasteiger charge is -2.19. The molecule has 39 heavy (non-hydrogen) atoms. The summed E-state index contributed by atoms with van der Waals surface area (Å²) in [5.74, 6) is -1.53. The molecule has 2 atom stereocenters. The number of hydrogen-bond donors (Lipinski definition) is 4. The van der Waals surface area contributed by atoms with Gasteiger partial charge in [-0.25, -0.2) is 0 Å². The van der Waals surface area contributed by atoms with Gasteiger partial charge in [0.05, 0.1) is 25.6 Å². The number of ether oxygens (including phenoxy) is 1. The Kier molecular flexibility index (Phi) is 13.0. The summed E-state index contributed by atoms with van der Waals surface area (Å²) in [5.41, 5.74) is 2.33. The molecule has 9 nitrogen and oxygen atoms in total. The number of carbonyl (C=O) groups is 4. The molecule has 1 aliphatic rings. The number of ketones is 1. The monoisotopic (exact) mass is 556 g/mol. The third kappa shape index (κ3) is 9.44. The van der Waals surface area contributed by atoms with E-state index in [4.69, 9.17) is 16.3 Å². The topological polar surface area (TPSA) is 129 Å². The summed E-state index contributed by atoms with van der Waals surface area (Å²) in [6.07, 6.45) is 0.778. The molecular formula is C29H37ClN4O5. The normalized spacial score (nSPS) is 14.6. The van der Waals surface area contributed by atoms with Gasteiger partial charge in [-0.1, -0.05) is 55.8 Å². The summed E-state index contributed by atoms with van der Waals surface area (Å²) in [6.45, 7) is 6.30. The lowest BCUT2D eigenvalue weighted by Crippen LogP contribution is -2.47. The fraction of sp³-hybridized carbons (Fsp3) is 0.379. The molecule has 1 aromatic heterocycles. The quantitative estimate of drug-likeness (QED) is 0.298. The number of Topliss-reactive ketones (excluding diaryl/α,β-unsaturated/α-hetero) is 1. The van der Waals surface area contributed by atoms with E-state index in [2.05, 4.69) is 40.0 Å². The zero-order chi connectivity index (χ0) is 28.8. The number of carbonyl (C=O) groups excluding carboxylic acids is 4. The van der Waals surface area contributed by atoms with Crippen LogP contribution in [0.5, 0.6) is 5.75 Å². The molecule has 3 aromatic rings. The maximum Gasteiger partial charge on any atom is 0.268 e. The number of benzene rings is 2. The van der Waals surface area contributed by atoms with Crippen molar-refractivity contribution >= 4 is 46.0 Å². The van der Waals surface area contributed by atoms with Crippen LogP contribution in [0.3, 0.4) is 0 Å². The predicted octanol–water partition coefficient (Wildman–Crippen LogP) is 3.75. The highest BCUT2D eigenvalue weighted by molar-refractivity contribution is 6.28. The number of nitrogens with one attached hydrogen (secondary N) is 4. The number of hydrogen-bond acceptors (Lipinski definition) is 5. The number of rotatable bonds is 9. The first-order valence-electron chi connectivity index (χ1n) is 12.9. The Morgan fingerprint density at radius 2 is 1.82 bits per heavy atom. The van der Waals surface area contributed by atoms with Crippen molar-refractivity contribution in [1.82, 2.24) is 20.9 Å². The zero-order valence-corrected chi connectivity index (χ0v) is 23.6. The molecule has 0 bridgehead atoms. The summed E-state index contributed by atoms with van der Waals surface area (Å²) in [5, 5.41) is 8.53. The lowest BCUT2D eigenvalue weighted by atomic mass is 9.96. The number of halogens is 1. The van der Waals surface area contributed by atoms with Gasteiger partial charge in [-0.05, 0) is 38.0 Å². The minimum absolute atomic E-state index is 0.140. The van der Waals surface area contributed by atoms with Crippen molar-refractivity contribution in [2.45, 2.75) is 39.7 Å². The van der Waals surface area contributed by atoms with Gasteiger partial charge in [0.2, 0.25) is 11.8 Å². The maximum atomic E-state index is 12.4. The van der Waals surface area contributed by atoms with Crippen LogP contribution in [0.1, 0.15) is 42.7 Å². The highest BCUT2D eigenvalue weighted by atomic mass is 35.5. The van der Waals surface area contributed by atoms with Crippen LogP contribution >= 0.6 is 11.6 Å². The van der Waals surface area contributed by atoms with E-state index in [0.29, 0.717) is 18.7 Å². The Balaban J connectivity index is 0.000000507. The van der Waals surface area contributed by atoms with Crippen LogP contribution in [-0.4, -0.2) is 60.6 Å². The molecule has 4 N–H and O–H groups in total. The number of amides is 3. The van der Waals surface area contributed by atoms with Gasteiger partial charge in [0, 0.05) is 23.4 Å². The van der Waals surface area contributed by atoms with Crippen LogP contribution in [0.4, 0.5) is 0 Å². The van der Waals surface area contributed by atoms with E-state index in [1.165, 1.54) is 5.56 Å². The summed E-state index contributed by atoms with van der Waals surface area (Å²) >= 11 is 5.64. The number of aryl methyl sites for hydroxylation is 1. The number of H-pyrrole nitrogens is 1. The third-order valence-electron chi connectivity index (χ3n) is 5.98. The average molecular weight is 557 g/mol. The van der Waals surface area contributed by atoms with Gasteiger partial charge in [0.1, 0.15) is 11.4 Å². The van der Waals surface area contributed by atoms with Crippen LogP contribution in [0.15, 0.2) is 54.6 Å². The smallest absolute Gasteiger partial charge is 0.268 e. The first-order chi connectivity index (χ1) is 18.8. The van der Waals surface area contributed by atoms with E-state index in [1.807, 2.05) is 38.1 Å². The molecule has 4 rings (SSSR count). The van der Waals surface area contributed by atoms with E-state index in [-0.39, 0.29) is 42.1 Å². The Bertz CT molecular complexity index is 1240. The van der Waals surface area contributed by atoms with Crippen molar-refractivity contribution in [2.75, 3.05) is 26.1 Å². The van der Waals surface area contributed by atoms with Crippen molar-refractivity contribution in [1.29, 1.82) is 0 Å². The highest BCUT2D eigenvalue weighted by Crippen LogP contribution is 2.25. The van der Waals surface area contributed by atoms with Crippen molar-refractivity contribution in [3.05, 3.63) is 65.9 Å². The Morgan fingerprint density at radius 1 is 1.10 bits per heavy atom. The molecule has 210 valence electrons. The van der Waals surface area contributed by atoms with Gasteiger partial charge in [-0.3, -0.25) is 19.2 Å². The minimum Gasteiger partial charge on any atom is -0.496 e. The van der Waals surface area contributed by atoms with E-state index < -0.39 is 17.9 Å². The second-order valence-corrected chi connectivity index (χ2v) is 8.94. The van der Waals surface area contributed by atoms with E-state index in [9.17, 15) is 19.2 Å². The number of fused-ring (bicyclic) bond motifs is 1. The molecule has 2 aromatic carbocycles. The van der Waals surface area contributed by atoms with Crippen molar-refractivity contribution < 1.29 is 23.9 Å². The molecule has 2 heterocycles. The summed E-state index contributed by atoms with van der Waals surface area (Å²) in [6, 6.07) is 16.4. The predicted molar refractivity (Wildman–Crippen MR) is 153 cm³/mol. The van der Waals surface area contributed by atoms with Crippen molar-refractivity contribution in [3.63, 3.8) is 0 Å². The van der Waals surface area contributed by atoms with E-state index in [1.54, 1.807) is 25.3 Å². The molecule has 1 fully saturated rings. The van der Waals surface area contributed by atoms with Gasteiger partial charge in [0.25, 0.3) is 5.91 Å². The molecule has 0 aliphatic carbocycles. The Labute approximate surface area is 234 Å². The van der Waals surface area contributed by atoms with Gasteiger partial charge >= 0.3 is 0 Å². The fourth-order valence-corrected chi connectivity index (χ4v) is 4.17. The van der Waals surface area contributed by atoms with Crippen molar-refractivity contribution in [3.8, 4) is 5.75 Å². The molecule has 0 radical (unpaired) electrons. The lowest BCUT2D eigenvalue weighted by molar-refractivity contribution is -0.128. The van der Waals surface area contributed by atoms with Crippen LogP contribution in [0.2, 0.25) is 0 Å². The van der Waals surface area contributed by atoms with Gasteiger partial charge in [-0.15, -0.1) is 11.6 Å². The summed E-state index contributed by atoms with van der Waals surface area (Å²) in [7, 11) is 1.54. The molecule has 0 saturated carbocycles. The molecule has 1 saturated heterocycles. The van der Waals surface area contributed by atoms with Crippen LogP contribution in [0.25, 0.3) is 10.9 Å².